The molecule has 128 valence electrons. The molecule has 4 nitrogen and oxygen atoms in total. The first-order valence-electron chi connectivity index (χ1n) is 8.08. The SMILES string of the molecule is CCC(CO)NC(=O)Cc1ccc(NCc2ccc(Cl)cc2)cc1. The van der Waals surface area contributed by atoms with Crippen LogP contribution < -0.4 is 10.6 Å². The van der Waals surface area contributed by atoms with Crippen LogP contribution in [0.3, 0.4) is 0 Å². The molecule has 0 saturated heterocycles. The minimum Gasteiger partial charge on any atom is -0.394 e. The number of nitrogens with one attached hydrogen (secondary N) is 2. The van der Waals surface area contributed by atoms with Gasteiger partial charge in [0, 0.05) is 17.3 Å². The van der Waals surface area contributed by atoms with E-state index in [0.717, 1.165) is 28.3 Å². The molecule has 2 aromatic carbocycles. The molecular formula is C19H23ClN2O2. The number of rotatable bonds is 8. The molecule has 24 heavy (non-hydrogen) atoms. The van der Waals surface area contributed by atoms with E-state index in [2.05, 4.69) is 10.6 Å². The highest BCUT2D eigenvalue weighted by molar-refractivity contribution is 6.30. The van der Waals surface area contributed by atoms with Crippen LogP contribution >= 0.6 is 11.6 Å². The first-order valence-corrected chi connectivity index (χ1v) is 8.46. The predicted molar refractivity (Wildman–Crippen MR) is 98.2 cm³/mol. The molecule has 0 spiro atoms. The first-order chi connectivity index (χ1) is 11.6. The molecule has 0 radical (unpaired) electrons. The van der Waals surface area contributed by atoms with E-state index in [0.29, 0.717) is 13.0 Å². The van der Waals surface area contributed by atoms with Crippen molar-refractivity contribution in [3.05, 3.63) is 64.7 Å². The Kier molecular flexibility index (Phi) is 7.09. The first kappa shape index (κ1) is 18.3. The lowest BCUT2D eigenvalue weighted by molar-refractivity contribution is -0.121. The van der Waals surface area contributed by atoms with Crippen molar-refractivity contribution in [2.75, 3.05) is 11.9 Å². The molecule has 0 aliphatic heterocycles. The molecule has 1 atom stereocenters. The van der Waals surface area contributed by atoms with Gasteiger partial charge in [-0.1, -0.05) is 42.8 Å². The van der Waals surface area contributed by atoms with E-state index in [1.807, 2.05) is 55.5 Å². The fraction of sp³-hybridized carbons (Fsp3) is 0.316. The zero-order valence-electron chi connectivity index (χ0n) is 13.8. The van der Waals surface area contributed by atoms with Crippen LogP contribution in [0.2, 0.25) is 5.02 Å². The van der Waals surface area contributed by atoms with Gasteiger partial charge < -0.3 is 15.7 Å². The maximum Gasteiger partial charge on any atom is 0.224 e. The van der Waals surface area contributed by atoms with Crippen molar-refractivity contribution in [2.24, 2.45) is 0 Å². The van der Waals surface area contributed by atoms with Crippen LogP contribution in [0.15, 0.2) is 48.5 Å². The third-order valence-corrected chi connectivity index (χ3v) is 4.06. The second-order valence-corrected chi connectivity index (χ2v) is 6.15. The average molecular weight is 347 g/mol. The van der Waals surface area contributed by atoms with Crippen molar-refractivity contribution < 1.29 is 9.90 Å². The average Bonchev–Trinajstić information content (AvgIpc) is 2.60. The summed E-state index contributed by atoms with van der Waals surface area (Å²) in [6.45, 7) is 2.61. The Hall–Kier alpha value is -2.04. The summed E-state index contributed by atoms with van der Waals surface area (Å²) in [5.74, 6) is -0.0715. The van der Waals surface area contributed by atoms with Crippen LogP contribution in [0.4, 0.5) is 5.69 Å². The van der Waals surface area contributed by atoms with Crippen LogP contribution in [0.5, 0.6) is 0 Å². The standard InChI is InChI=1S/C19H23ClN2O2/c1-2-17(13-23)22-19(24)11-14-5-9-18(10-6-14)21-12-15-3-7-16(20)8-4-15/h3-10,17,21,23H,2,11-13H2,1H3,(H,22,24). The maximum absolute atomic E-state index is 11.9. The molecule has 5 heteroatoms. The molecule has 3 N–H and O–H groups in total. The van der Waals surface area contributed by atoms with Crippen molar-refractivity contribution >= 4 is 23.2 Å². The summed E-state index contributed by atoms with van der Waals surface area (Å²) in [7, 11) is 0. The molecule has 2 rings (SSSR count). The van der Waals surface area contributed by atoms with E-state index < -0.39 is 0 Å². The molecule has 0 heterocycles. The summed E-state index contributed by atoms with van der Waals surface area (Å²) in [5, 5.41) is 16.0. The minimum atomic E-state index is -0.169. The topological polar surface area (TPSA) is 61.4 Å². The van der Waals surface area contributed by atoms with Gasteiger partial charge in [0.15, 0.2) is 0 Å². The lowest BCUT2D eigenvalue weighted by Gasteiger charge is -2.14. The van der Waals surface area contributed by atoms with Crippen LogP contribution in [0.25, 0.3) is 0 Å². The second-order valence-electron chi connectivity index (χ2n) is 5.71. The largest absolute Gasteiger partial charge is 0.394 e. The van der Waals surface area contributed by atoms with Crippen molar-refractivity contribution in [3.63, 3.8) is 0 Å². The van der Waals surface area contributed by atoms with Gasteiger partial charge in [0.05, 0.1) is 19.1 Å². The van der Waals surface area contributed by atoms with E-state index in [-0.39, 0.29) is 18.6 Å². The third kappa shape index (κ3) is 5.87. The molecule has 0 fully saturated rings. The van der Waals surface area contributed by atoms with Crippen LogP contribution in [0, 0.1) is 0 Å². The minimum absolute atomic E-state index is 0.0319. The van der Waals surface area contributed by atoms with E-state index in [1.54, 1.807) is 0 Å². The summed E-state index contributed by atoms with van der Waals surface area (Å²) >= 11 is 5.87. The van der Waals surface area contributed by atoms with Gasteiger partial charge in [0.2, 0.25) is 5.91 Å². The summed E-state index contributed by atoms with van der Waals surface area (Å²) < 4.78 is 0. The van der Waals surface area contributed by atoms with Crippen molar-refractivity contribution in [3.8, 4) is 0 Å². The number of benzene rings is 2. The number of hydrogen-bond acceptors (Lipinski definition) is 3. The smallest absolute Gasteiger partial charge is 0.224 e. The quantitative estimate of drug-likeness (QED) is 0.686. The third-order valence-electron chi connectivity index (χ3n) is 3.81. The number of aliphatic hydroxyl groups excluding tert-OH is 1. The Labute approximate surface area is 147 Å². The second kappa shape index (κ2) is 9.30. The Morgan fingerprint density at radius 1 is 1.08 bits per heavy atom. The summed E-state index contributed by atoms with van der Waals surface area (Å²) in [5.41, 5.74) is 3.09. The Morgan fingerprint density at radius 3 is 2.29 bits per heavy atom. The van der Waals surface area contributed by atoms with E-state index in [1.165, 1.54) is 0 Å². The molecule has 1 amide bonds. The highest BCUT2D eigenvalue weighted by atomic mass is 35.5. The molecule has 0 aromatic heterocycles. The Balaban J connectivity index is 1.84. The molecular weight excluding hydrogens is 324 g/mol. The number of aliphatic hydroxyl groups is 1. The number of carbonyl (C=O) groups is 1. The van der Waals surface area contributed by atoms with Gasteiger partial charge in [-0.3, -0.25) is 4.79 Å². The molecule has 0 saturated carbocycles. The van der Waals surface area contributed by atoms with Gasteiger partial charge in [0.25, 0.3) is 0 Å². The molecule has 0 bridgehead atoms. The zero-order chi connectivity index (χ0) is 17.4. The summed E-state index contributed by atoms with van der Waals surface area (Å²) in [6.07, 6.45) is 1.03. The van der Waals surface area contributed by atoms with E-state index >= 15 is 0 Å². The maximum atomic E-state index is 11.9. The molecule has 0 aliphatic rings. The van der Waals surface area contributed by atoms with E-state index in [9.17, 15) is 4.79 Å². The van der Waals surface area contributed by atoms with Crippen LogP contribution in [0.1, 0.15) is 24.5 Å². The van der Waals surface area contributed by atoms with Crippen molar-refractivity contribution in [1.82, 2.24) is 5.32 Å². The van der Waals surface area contributed by atoms with Gasteiger partial charge in [-0.25, -0.2) is 0 Å². The highest BCUT2D eigenvalue weighted by Gasteiger charge is 2.09. The van der Waals surface area contributed by atoms with Crippen molar-refractivity contribution in [1.29, 1.82) is 0 Å². The number of halogens is 1. The molecule has 1 unspecified atom stereocenters. The molecule has 0 aliphatic carbocycles. The van der Waals surface area contributed by atoms with Crippen molar-refractivity contribution in [2.45, 2.75) is 32.4 Å². The Morgan fingerprint density at radius 2 is 1.71 bits per heavy atom. The molecule has 2 aromatic rings. The number of carbonyl (C=O) groups excluding carboxylic acids is 1. The Bertz CT molecular complexity index is 637. The monoisotopic (exact) mass is 346 g/mol. The zero-order valence-corrected chi connectivity index (χ0v) is 14.5. The predicted octanol–water partition coefficient (Wildman–Crippen LogP) is 3.38. The fourth-order valence-electron chi connectivity index (χ4n) is 2.29. The number of amides is 1. The fourth-order valence-corrected chi connectivity index (χ4v) is 2.41. The van der Waals surface area contributed by atoms with Gasteiger partial charge in [-0.2, -0.15) is 0 Å². The number of anilines is 1. The van der Waals surface area contributed by atoms with Gasteiger partial charge in [0.1, 0.15) is 0 Å². The summed E-state index contributed by atoms with van der Waals surface area (Å²) in [4.78, 5) is 11.9. The van der Waals surface area contributed by atoms with Crippen LogP contribution in [-0.4, -0.2) is 23.7 Å². The van der Waals surface area contributed by atoms with Gasteiger partial charge in [-0.15, -0.1) is 0 Å². The highest BCUT2D eigenvalue weighted by Crippen LogP contribution is 2.14. The summed E-state index contributed by atoms with van der Waals surface area (Å²) in [6, 6.07) is 15.3. The number of hydrogen-bond donors (Lipinski definition) is 3. The lowest BCUT2D eigenvalue weighted by atomic mass is 10.1. The van der Waals surface area contributed by atoms with Gasteiger partial charge in [-0.05, 0) is 41.8 Å². The normalized spacial score (nSPS) is 11.8. The van der Waals surface area contributed by atoms with Crippen LogP contribution in [-0.2, 0) is 17.8 Å². The van der Waals surface area contributed by atoms with Gasteiger partial charge >= 0.3 is 0 Å². The lowest BCUT2D eigenvalue weighted by Crippen LogP contribution is -2.37. The van der Waals surface area contributed by atoms with E-state index in [4.69, 9.17) is 16.7 Å².